The molecule has 0 unspecified atom stereocenters. The smallest absolute Gasteiger partial charge is 0.327 e. The highest BCUT2D eigenvalue weighted by molar-refractivity contribution is 9.10. The van der Waals surface area contributed by atoms with Gasteiger partial charge in [0, 0.05) is 6.08 Å². The SMILES string of the molecule is O=C(O)/C=C/C[C@H]1CC[C@H](c2ccc(Br)c(F)c2)CC1. The van der Waals surface area contributed by atoms with Crippen LogP contribution >= 0.6 is 15.9 Å². The molecule has 1 aliphatic rings. The van der Waals surface area contributed by atoms with E-state index in [9.17, 15) is 9.18 Å². The summed E-state index contributed by atoms with van der Waals surface area (Å²) in [4.78, 5) is 10.4. The Kier molecular flexibility index (Phi) is 5.35. The number of carbonyl (C=O) groups is 1. The lowest BCUT2D eigenvalue weighted by molar-refractivity contribution is -0.131. The van der Waals surface area contributed by atoms with Crippen LogP contribution in [0.2, 0.25) is 0 Å². The molecule has 0 aliphatic heterocycles. The van der Waals surface area contributed by atoms with Gasteiger partial charge in [0.25, 0.3) is 0 Å². The van der Waals surface area contributed by atoms with Crippen molar-refractivity contribution in [3.05, 3.63) is 46.2 Å². The molecule has 1 aliphatic carbocycles. The van der Waals surface area contributed by atoms with Crippen LogP contribution in [0.25, 0.3) is 0 Å². The van der Waals surface area contributed by atoms with Crippen molar-refractivity contribution in [2.45, 2.75) is 38.0 Å². The average Bonchev–Trinajstić information content (AvgIpc) is 2.42. The van der Waals surface area contributed by atoms with Gasteiger partial charge in [-0.1, -0.05) is 12.1 Å². The van der Waals surface area contributed by atoms with E-state index >= 15 is 0 Å². The van der Waals surface area contributed by atoms with Crippen LogP contribution in [0, 0.1) is 11.7 Å². The van der Waals surface area contributed by atoms with Gasteiger partial charge in [-0.2, -0.15) is 0 Å². The van der Waals surface area contributed by atoms with Crippen LogP contribution in [-0.2, 0) is 4.79 Å². The summed E-state index contributed by atoms with van der Waals surface area (Å²) in [6, 6.07) is 5.38. The molecule has 1 N–H and O–H groups in total. The predicted molar refractivity (Wildman–Crippen MR) is 80.2 cm³/mol. The molecule has 0 spiro atoms. The molecule has 0 atom stereocenters. The summed E-state index contributed by atoms with van der Waals surface area (Å²) in [5, 5.41) is 8.56. The normalized spacial score (nSPS) is 23.1. The molecule has 0 radical (unpaired) electrons. The molecule has 0 bridgehead atoms. The number of rotatable bonds is 4. The van der Waals surface area contributed by atoms with Gasteiger partial charge >= 0.3 is 5.97 Å². The summed E-state index contributed by atoms with van der Waals surface area (Å²) in [5.74, 6) is -0.0995. The zero-order chi connectivity index (χ0) is 14.5. The maximum absolute atomic E-state index is 13.5. The first-order valence-corrected chi connectivity index (χ1v) is 7.70. The van der Waals surface area contributed by atoms with Gasteiger partial charge < -0.3 is 5.11 Å². The van der Waals surface area contributed by atoms with Crippen LogP contribution in [0.3, 0.4) is 0 Å². The van der Waals surface area contributed by atoms with Crippen molar-refractivity contribution in [2.75, 3.05) is 0 Å². The number of halogens is 2. The number of carboxylic acid groups (broad SMARTS) is 1. The Bertz CT molecular complexity index is 505. The second-order valence-corrected chi connectivity index (χ2v) is 6.22. The molecular formula is C16H18BrFO2. The Morgan fingerprint density at radius 1 is 1.35 bits per heavy atom. The van der Waals surface area contributed by atoms with Crippen LogP contribution in [-0.4, -0.2) is 11.1 Å². The summed E-state index contributed by atoms with van der Waals surface area (Å²) >= 11 is 3.17. The fourth-order valence-electron chi connectivity index (χ4n) is 2.86. The van der Waals surface area contributed by atoms with Gasteiger partial charge in [-0.05, 0) is 77.6 Å². The Morgan fingerprint density at radius 3 is 2.65 bits per heavy atom. The van der Waals surface area contributed by atoms with Crippen molar-refractivity contribution in [2.24, 2.45) is 5.92 Å². The van der Waals surface area contributed by atoms with Gasteiger partial charge in [-0.3, -0.25) is 0 Å². The van der Waals surface area contributed by atoms with E-state index in [1.165, 1.54) is 6.08 Å². The molecule has 1 fully saturated rings. The van der Waals surface area contributed by atoms with Gasteiger partial charge in [0.2, 0.25) is 0 Å². The highest BCUT2D eigenvalue weighted by Gasteiger charge is 2.22. The molecule has 1 aromatic carbocycles. The lowest BCUT2D eigenvalue weighted by atomic mass is 9.77. The number of hydrogen-bond donors (Lipinski definition) is 1. The van der Waals surface area contributed by atoms with Crippen molar-refractivity contribution < 1.29 is 14.3 Å². The minimum absolute atomic E-state index is 0.200. The van der Waals surface area contributed by atoms with Gasteiger partial charge in [-0.15, -0.1) is 0 Å². The molecule has 0 heterocycles. The first-order valence-electron chi connectivity index (χ1n) is 6.90. The summed E-state index contributed by atoms with van der Waals surface area (Å²) in [7, 11) is 0. The second kappa shape index (κ2) is 7.02. The summed E-state index contributed by atoms with van der Waals surface area (Å²) < 4.78 is 14.0. The minimum Gasteiger partial charge on any atom is -0.478 e. The molecule has 0 saturated heterocycles. The molecular weight excluding hydrogens is 323 g/mol. The Labute approximate surface area is 126 Å². The number of benzene rings is 1. The third kappa shape index (κ3) is 4.17. The van der Waals surface area contributed by atoms with Crippen LogP contribution < -0.4 is 0 Å². The zero-order valence-corrected chi connectivity index (χ0v) is 12.8. The lowest BCUT2D eigenvalue weighted by Crippen LogP contribution is -2.13. The van der Waals surface area contributed by atoms with Crippen LogP contribution in [0.5, 0.6) is 0 Å². The predicted octanol–water partition coefficient (Wildman–Crippen LogP) is 4.89. The van der Waals surface area contributed by atoms with Crippen molar-refractivity contribution in [3.8, 4) is 0 Å². The second-order valence-electron chi connectivity index (χ2n) is 5.37. The van der Waals surface area contributed by atoms with Gasteiger partial charge in [-0.25, -0.2) is 9.18 Å². The van der Waals surface area contributed by atoms with Crippen LogP contribution in [0.4, 0.5) is 4.39 Å². The van der Waals surface area contributed by atoms with Crippen molar-refractivity contribution in [1.29, 1.82) is 0 Å². The molecule has 1 aromatic rings. The maximum atomic E-state index is 13.5. The van der Waals surface area contributed by atoms with Crippen LogP contribution in [0.1, 0.15) is 43.6 Å². The van der Waals surface area contributed by atoms with E-state index in [1.54, 1.807) is 18.2 Å². The fraction of sp³-hybridized carbons (Fsp3) is 0.438. The lowest BCUT2D eigenvalue weighted by Gasteiger charge is -2.28. The molecule has 2 nitrogen and oxygen atoms in total. The molecule has 4 heteroatoms. The third-order valence-electron chi connectivity index (χ3n) is 3.99. The Hall–Kier alpha value is -1.16. The molecule has 1 saturated carbocycles. The van der Waals surface area contributed by atoms with Gasteiger partial charge in [0.1, 0.15) is 5.82 Å². The van der Waals surface area contributed by atoms with Crippen molar-refractivity contribution in [3.63, 3.8) is 0 Å². The van der Waals surface area contributed by atoms with Crippen LogP contribution in [0.15, 0.2) is 34.8 Å². The Morgan fingerprint density at radius 2 is 2.05 bits per heavy atom. The minimum atomic E-state index is -0.885. The first-order chi connectivity index (χ1) is 9.56. The molecule has 0 aromatic heterocycles. The maximum Gasteiger partial charge on any atom is 0.327 e. The van der Waals surface area contributed by atoms with E-state index in [2.05, 4.69) is 15.9 Å². The van der Waals surface area contributed by atoms with E-state index in [0.29, 0.717) is 16.3 Å². The molecule has 20 heavy (non-hydrogen) atoms. The van der Waals surface area contributed by atoms with Gasteiger partial charge in [0.15, 0.2) is 0 Å². The molecule has 2 rings (SSSR count). The Balaban J connectivity index is 1.87. The quantitative estimate of drug-likeness (QED) is 0.792. The molecule has 108 valence electrons. The topological polar surface area (TPSA) is 37.3 Å². The number of hydrogen-bond acceptors (Lipinski definition) is 1. The van der Waals surface area contributed by atoms with Crippen molar-refractivity contribution in [1.82, 2.24) is 0 Å². The fourth-order valence-corrected chi connectivity index (χ4v) is 3.11. The standard InChI is InChI=1S/C16H18BrFO2/c17-14-9-8-13(10-15(14)18)12-6-4-11(5-7-12)2-1-3-16(19)20/h1,3,8-12H,2,4-7H2,(H,19,20)/b3-1+/t11-,12-. The third-order valence-corrected chi connectivity index (χ3v) is 4.63. The van der Waals surface area contributed by atoms with E-state index in [0.717, 1.165) is 37.7 Å². The molecule has 0 amide bonds. The summed E-state index contributed by atoms with van der Waals surface area (Å²) in [5.41, 5.74) is 1.07. The van der Waals surface area contributed by atoms with E-state index in [-0.39, 0.29) is 5.82 Å². The summed E-state index contributed by atoms with van der Waals surface area (Å²) in [6.45, 7) is 0. The largest absolute Gasteiger partial charge is 0.478 e. The number of carboxylic acids is 1. The first kappa shape index (κ1) is 15.2. The average molecular weight is 341 g/mol. The van der Waals surface area contributed by atoms with E-state index < -0.39 is 5.97 Å². The highest BCUT2D eigenvalue weighted by Crippen LogP contribution is 2.37. The number of aliphatic carboxylic acids is 1. The summed E-state index contributed by atoms with van der Waals surface area (Å²) in [6.07, 6.45) is 8.04. The zero-order valence-electron chi connectivity index (χ0n) is 11.2. The van der Waals surface area contributed by atoms with E-state index in [4.69, 9.17) is 5.11 Å². The highest BCUT2D eigenvalue weighted by atomic mass is 79.9. The van der Waals surface area contributed by atoms with E-state index in [1.807, 2.05) is 6.07 Å². The van der Waals surface area contributed by atoms with Gasteiger partial charge in [0.05, 0.1) is 4.47 Å². The monoisotopic (exact) mass is 340 g/mol. The number of allylic oxidation sites excluding steroid dienone is 1. The van der Waals surface area contributed by atoms with Crippen molar-refractivity contribution >= 4 is 21.9 Å².